The first kappa shape index (κ1) is 20.1. The highest BCUT2D eigenvalue weighted by Gasteiger charge is 2.09. The lowest BCUT2D eigenvalue weighted by Crippen LogP contribution is -2.12. The van der Waals surface area contributed by atoms with Crippen molar-refractivity contribution in [3.63, 3.8) is 0 Å². The Morgan fingerprint density at radius 3 is 2.28 bits per heavy atom. The molecule has 0 saturated heterocycles. The van der Waals surface area contributed by atoms with Crippen molar-refractivity contribution in [3.8, 4) is 5.75 Å². The fourth-order valence-corrected chi connectivity index (χ4v) is 2.86. The van der Waals surface area contributed by atoms with E-state index < -0.39 is 0 Å². The predicted octanol–water partition coefficient (Wildman–Crippen LogP) is 4.62. The molecule has 0 spiro atoms. The Kier molecular flexibility index (Phi) is 7.00. The zero-order valence-corrected chi connectivity index (χ0v) is 16.3. The minimum atomic E-state index is -0.276. The monoisotopic (exact) mass is 389 g/mol. The van der Waals surface area contributed by atoms with Crippen LogP contribution >= 0.6 is 0 Å². The van der Waals surface area contributed by atoms with Crippen molar-refractivity contribution in [2.24, 2.45) is 0 Å². The van der Waals surface area contributed by atoms with Gasteiger partial charge in [0.15, 0.2) is 0 Å². The van der Waals surface area contributed by atoms with E-state index in [0.29, 0.717) is 12.0 Å². The van der Waals surface area contributed by atoms with E-state index in [-0.39, 0.29) is 24.9 Å². The zero-order valence-electron chi connectivity index (χ0n) is 16.3. The molecule has 0 atom stereocenters. The van der Waals surface area contributed by atoms with E-state index in [0.717, 1.165) is 22.6 Å². The van der Waals surface area contributed by atoms with Crippen LogP contribution in [0.5, 0.6) is 5.75 Å². The summed E-state index contributed by atoms with van der Waals surface area (Å²) < 4.78 is 10.6. The topological polar surface area (TPSA) is 64.6 Å². The van der Waals surface area contributed by atoms with Crippen LogP contribution in [0.2, 0.25) is 0 Å². The van der Waals surface area contributed by atoms with Gasteiger partial charge in [0.25, 0.3) is 5.91 Å². The number of ether oxygens (including phenoxy) is 2. The number of carbonyl (C=O) groups excluding carboxylic acids is 2. The number of para-hydroxylation sites is 2. The molecular weight excluding hydrogens is 366 g/mol. The van der Waals surface area contributed by atoms with Crippen LogP contribution in [0.25, 0.3) is 0 Å². The molecule has 3 aromatic rings. The molecule has 29 heavy (non-hydrogen) atoms. The summed E-state index contributed by atoms with van der Waals surface area (Å²) in [6, 6.07) is 23.9. The average molecular weight is 389 g/mol. The fraction of sp³-hybridized carbons (Fsp3) is 0.167. The van der Waals surface area contributed by atoms with Crippen LogP contribution in [0.4, 0.5) is 5.69 Å². The number of hydrogen-bond donors (Lipinski definition) is 1. The van der Waals surface area contributed by atoms with E-state index in [1.165, 1.54) is 0 Å². The van der Waals surface area contributed by atoms with Crippen LogP contribution in [0.15, 0.2) is 78.9 Å². The van der Waals surface area contributed by atoms with Gasteiger partial charge in [0.1, 0.15) is 12.4 Å². The van der Waals surface area contributed by atoms with Crippen molar-refractivity contribution < 1.29 is 19.1 Å². The molecule has 0 unspecified atom stereocenters. The molecule has 0 heterocycles. The maximum atomic E-state index is 12.3. The number of aryl methyl sites for hydroxylation is 1. The molecule has 3 rings (SSSR count). The Morgan fingerprint density at radius 1 is 0.862 bits per heavy atom. The minimum absolute atomic E-state index is 0.172. The van der Waals surface area contributed by atoms with E-state index >= 15 is 0 Å². The van der Waals surface area contributed by atoms with E-state index in [1.54, 1.807) is 31.4 Å². The smallest absolute Gasteiger partial charge is 0.306 e. The van der Waals surface area contributed by atoms with Crippen molar-refractivity contribution in [1.29, 1.82) is 0 Å². The first-order valence-electron chi connectivity index (χ1n) is 9.38. The lowest BCUT2D eigenvalue weighted by Gasteiger charge is -2.09. The molecule has 0 fully saturated rings. The van der Waals surface area contributed by atoms with Gasteiger partial charge in [-0.05, 0) is 47.9 Å². The lowest BCUT2D eigenvalue weighted by molar-refractivity contribution is -0.144. The third-order valence-electron chi connectivity index (χ3n) is 4.44. The molecule has 148 valence electrons. The molecule has 1 N–H and O–H groups in total. The molecule has 0 aliphatic carbocycles. The molecular formula is C24H23NO4. The van der Waals surface area contributed by atoms with Gasteiger partial charge in [-0.1, -0.05) is 48.5 Å². The van der Waals surface area contributed by atoms with E-state index in [9.17, 15) is 9.59 Å². The number of hydrogen-bond acceptors (Lipinski definition) is 4. The Balaban J connectivity index is 1.47. The van der Waals surface area contributed by atoms with E-state index in [2.05, 4.69) is 5.32 Å². The number of benzene rings is 3. The van der Waals surface area contributed by atoms with Gasteiger partial charge in [-0.3, -0.25) is 9.59 Å². The maximum absolute atomic E-state index is 12.3. The number of carbonyl (C=O) groups is 2. The van der Waals surface area contributed by atoms with Crippen molar-refractivity contribution in [3.05, 3.63) is 95.6 Å². The van der Waals surface area contributed by atoms with Gasteiger partial charge in [0.2, 0.25) is 0 Å². The number of esters is 1. The molecule has 3 aromatic carbocycles. The molecule has 0 aliphatic rings. The van der Waals surface area contributed by atoms with Gasteiger partial charge >= 0.3 is 5.97 Å². The highest BCUT2D eigenvalue weighted by Crippen LogP contribution is 2.19. The molecule has 5 nitrogen and oxygen atoms in total. The summed E-state index contributed by atoms with van der Waals surface area (Å²) in [6.07, 6.45) is 0.833. The Bertz CT molecular complexity index is 952. The Morgan fingerprint density at radius 2 is 1.55 bits per heavy atom. The van der Waals surface area contributed by atoms with Gasteiger partial charge in [0.05, 0.1) is 7.11 Å². The second-order valence-corrected chi connectivity index (χ2v) is 6.49. The minimum Gasteiger partial charge on any atom is -0.496 e. The summed E-state index contributed by atoms with van der Waals surface area (Å²) in [5.41, 5.74) is 3.08. The fourth-order valence-electron chi connectivity index (χ4n) is 2.86. The quantitative estimate of drug-likeness (QED) is 0.571. The number of nitrogens with one attached hydrogen (secondary N) is 1. The van der Waals surface area contributed by atoms with Crippen molar-refractivity contribution in [1.82, 2.24) is 0 Å². The molecule has 0 saturated carbocycles. The van der Waals surface area contributed by atoms with Crippen molar-refractivity contribution in [2.45, 2.75) is 19.4 Å². The summed E-state index contributed by atoms with van der Waals surface area (Å²) in [5.74, 6) is 0.308. The average Bonchev–Trinajstić information content (AvgIpc) is 2.77. The van der Waals surface area contributed by atoms with Crippen LogP contribution in [0, 0.1) is 0 Å². The molecule has 0 bridgehead atoms. The third kappa shape index (κ3) is 5.94. The molecule has 0 radical (unpaired) electrons. The van der Waals surface area contributed by atoms with Crippen LogP contribution in [0.3, 0.4) is 0 Å². The summed E-state index contributed by atoms with van der Waals surface area (Å²) in [7, 11) is 1.61. The Hall–Kier alpha value is -3.60. The normalized spacial score (nSPS) is 10.2. The summed E-state index contributed by atoms with van der Waals surface area (Å²) in [4.78, 5) is 24.3. The zero-order chi connectivity index (χ0) is 20.5. The standard InChI is InChI=1S/C24H23NO4/c1-28-22-10-6-5-7-19(22)15-16-23(26)29-17-18-11-13-20(14-12-18)24(27)25-21-8-3-2-4-9-21/h2-14H,15-17H2,1H3,(H,25,27). The van der Waals surface area contributed by atoms with E-state index in [4.69, 9.17) is 9.47 Å². The van der Waals surface area contributed by atoms with Gasteiger partial charge in [-0.2, -0.15) is 0 Å². The SMILES string of the molecule is COc1ccccc1CCC(=O)OCc1ccc(C(=O)Nc2ccccc2)cc1. The highest BCUT2D eigenvalue weighted by molar-refractivity contribution is 6.04. The first-order valence-corrected chi connectivity index (χ1v) is 9.38. The number of methoxy groups -OCH3 is 1. The molecule has 1 amide bonds. The number of rotatable bonds is 8. The number of anilines is 1. The highest BCUT2D eigenvalue weighted by atomic mass is 16.5. The lowest BCUT2D eigenvalue weighted by atomic mass is 10.1. The molecule has 5 heteroatoms. The van der Waals surface area contributed by atoms with Gasteiger partial charge in [-0.25, -0.2) is 0 Å². The molecule has 0 aliphatic heterocycles. The number of amides is 1. The van der Waals surface area contributed by atoms with Crippen LogP contribution in [0.1, 0.15) is 27.9 Å². The second kappa shape index (κ2) is 10.1. The van der Waals surface area contributed by atoms with E-state index in [1.807, 2.05) is 54.6 Å². The maximum Gasteiger partial charge on any atom is 0.306 e. The Labute approximate surface area is 170 Å². The van der Waals surface area contributed by atoms with Crippen LogP contribution in [-0.4, -0.2) is 19.0 Å². The van der Waals surface area contributed by atoms with Crippen LogP contribution < -0.4 is 10.1 Å². The third-order valence-corrected chi connectivity index (χ3v) is 4.44. The summed E-state index contributed by atoms with van der Waals surface area (Å²) >= 11 is 0. The van der Waals surface area contributed by atoms with Crippen LogP contribution in [-0.2, 0) is 22.6 Å². The van der Waals surface area contributed by atoms with Crippen molar-refractivity contribution >= 4 is 17.6 Å². The largest absolute Gasteiger partial charge is 0.496 e. The van der Waals surface area contributed by atoms with Gasteiger partial charge in [0, 0.05) is 17.7 Å². The first-order chi connectivity index (χ1) is 14.2. The second-order valence-electron chi connectivity index (χ2n) is 6.49. The predicted molar refractivity (Wildman–Crippen MR) is 112 cm³/mol. The summed E-state index contributed by atoms with van der Waals surface area (Å²) in [6.45, 7) is 0.172. The summed E-state index contributed by atoms with van der Waals surface area (Å²) in [5, 5.41) is 2.83. The van der Waals surface area contributed by atoms with Gasteiger partial charge in [-0.15, -0.1) is 0 Å². The van der Waals surface area contributed by atoms with Gasteiger partial charge < -0.3 is 14.8 Å². The molecule has 0 aromatic heterocycles. The van der Waals surface area contributed by atoms with Crippen molar-refractivity contribution in [2.75, 3.05) is 12.4 Å².